The Morgan fingerprint density at radius 3 is 2.68 bits per heavy atom. The van der Waals surface area contributed by atoms with E-state index in [0.717, 1.165) is 10.2 Å². The first-order chi connectivity index (χ1) is 12.2. The molecule has 0 amide bonds. The standard InChI is InChI=1S/C17H13BrN4O3/c18-10-1-4-12(5-2-10)25-17-15(19)16(20-8-21-17)22-11-3-6-13-14(7-11)24-9-23-13/h1-8H,9,19H2,(H,20,21,22). The molecule has 3 aromatic rings. The number of hydrogen-bond donors (Lipinski definition) is 2. The number of anilines is 3. The first-order valence-corrected chi connectivity index (χ1v) is 8.19. The maximum Gasteiger partial charge on any atom is 0.248 e. The number of benzene rings is 2. The fourth-order valence-electron chi connectivity index (χ4n) is 2.29. The maximum absolute atomic E-state index is 6.14. The van der Waals surface area contributed by atoms with E-state index < -0.39 is 0 Å². The topological polar surface area (TPSA) is 91.5 Å². The van der Waals surface area contributed by atoms with Crippen LogP contribution in [-0.4, -0.2) is 16.8 Å². The predicted octanol–water partition coefficient (Wildman–Crippen LogP) is 4.09. The lowest BCUT2D eigenvalue weighted by Crippen LogP contribution is -2.03. The molecule has 4 rings (SSSR count). The van der Waals surface area contributed by atoms with Crippen LogP contribution in [0.1, 0.15) is 0 Å². The molecule has 2 heterocycles. The van der Waals surface area contributed by atoms with E-state index in [1.807, 2.05) is 42.5 Å². The Balaban J connectivity index is 1.57. The van der Waals surface area contributed by atoms with Crippen LogP contribution in [0.3, 0.4) is 0 Å². The number of rotatable bonds is 4. The van der Waals surface area contributed by atoms with Gasteiger partial charge in [-0.1, -0.05) is 15.9 Å². The van der Waals surface area contributed by atoms with Crippen molar-refractivity contribution in [1.82, 2.24) is 9.97 Å². The molecule has 126 valence electrons. The van der Waals surface area contributed by atoms with Crippen LogP contribution in [0.5, 0.6) is 23.1 Å². The molecule has 1 aromatic heterocycles. The number of hydrogen-bond acceptors (Lipinski definition) is 7. The molecular formula is C17H13BrN4O3. The summed E-state index contributed by atoms with van der Waals surface area (Å²) < 4.78 is 17.4. The third-order valence-corrected chi connectivity index (χ3v) is 4.04. The number of nitrogens with one attached hydrogen (secondary N) is 1. The second kappa shape index (κ2) is 6.48. The summed E-state index contributed by atoms with van der Waals surface area (Å²) in [4.78, 5) is 8.28. The number of nitrogen functional groups attached to an aromatic ring is 1. The minimum Gasteiger partial charge on any atom is -0.454 e. The highest BCUT2D eigenvalue weighted by atomic mass is 79.9. The van der Waals surface area contributed by atoms with E-state index in [0.29, 0.717) is 28.8 Å². The van der Waals surface area contributed by atoms with Gasteiger partial charge in [0.05, 0.1) is 0 Å². The van der Waals surface area contributed by atoms with E-state index in [9.17, 15) is 0 Å². The number of halogens is 1. The predicted molar refractivity (Wildman–Crippen MR) is 96.5 cm³/mol. The fraction of sp³-hybridized carbons (Fsp3) is 0.0588. The molecule has 0 spiro atoms. The van der Waals surface area contributed by atoms with Gasteiger partial charge in [0, 0.05) is 16.2 Å². The van der Waals surface area contributed by atoms with Gasteiger partial charge in [-0.3, -0.25) is 0 Å². The van der Waals surface area contributed by atoms with E-state index in [4.69, 9.17) is 19.9 Å². The zero-order chi connectivity index (χ0) is 17.2. The van der Waals surface area contributed by atoms with Crippen molar-refractivity contribution in [1.29, 1.82) is 0 Å². The molecule has 1 aliphatic heterocycles. The zero-order valence-electron chi connectivity index (χ0n) is 12.9. The zero-order valence-corrected chi connectivity index (χ0v) is 14.5. The summed E-state index contributed by atoms with van der Waals surface area (Å²) in [6, 6.07) is 12.9. The van der Waals surface area contributed by atoms with Crippen molar-refractivity contribution >= 4 is 33.1 Å². The van der Waals surface area contributed by atoms with Gasteiger partial charge in [-0.25, -0.2) is 4.98 Å². The van der Waals surface area contributed by atoms with Gasteiger partial charge < -0.3 is 25.3 Å². The molecule has 0 bridgehead atoms. The highest BCUT2D eigenvalue weighted by molar-refractivity contribution is 9.10. The summed E-state index contributed by atoms with van der Waals surface area (Å²) in [7, 11) is 0. The van der Waals surface area contributed by atoms with Crippen molar-refractivity contribution in [2.45, 2.75) is 0 Å². The van der Waals surface area contributed by atoms with Crippen LogP contribution < -0.4 is 25.3 Å². The second-order valence-corrected chi connectivity index (χ2v) is 6.11. The summed E-state index contributed by atoms with van der Waals surface area (Å²) in [5.41, 5.74) is 7.22. The van der Waals surface area contributed by atoms with Gasteiger partial charge in [0.1, 0.15) is 17.8 Å². The van der Waals surface area contributed by atoms with Crippen LogP contribution in [0.4, 0.5) is 17.2 Å². The molecule has 2 aromatic carbocycles. The Morgan fingerprint density at radius 2 is 1.84 bits per heavy atom. The van der Waals surface area contributed by atoms with E-state index in [1.54, 1.807) is 0 Å². The van der Waals surface area contributed by atoms with E-state index in [-0.39, 0.29) is 12.7 Å². The van der Waals surface area contributed by atoms with Gasteiger partial charge in [0.2, 0.25) is 12.7 Å². The van der Waals surface area contributed by atoms with E-state index >= 15 is 0 Å². The van der Waals surface area contributed by atoms with Gasteiger partial charge in [0.25, 0.3) is 0 Å². The molecule has 0 aliphatic carbocycles. The second-order valence-electron chi connectivity index (χ2n) is 5.19. The highest BCUT2D eigenvalue weighted by Gasteiger charge is 2.15. The van der Waals surface area contributed by atoms with Gasteiger partial charge in [-0.15, -0.1) is 0 Å². The van der Waals surface area contributed by atoms with Crippen LogP contribution in [0.25, 0.3) is 0 Å². The summed E-state index contributed by atoms with van der Waals surface area (Å²) in [5, 5.41) is 3.14. The summed E-state index contributed by atoms with van der Waals surface area (Å²) in [6.07, 6.45) is 1.39. The Kier molecular flexibility index (Phi) is 4.02. The number of nitrogens with two attached hydrogens (primary N) is 1. The molecule has 25 heavy (non-hydrogen) atoms. The first-order valence-electron chi connectivity index (χ1n) is 7.39. The molecular weight excluding hydrogens is 388 g/mol. The van der Waals surface area contributed by atoms with Crippen LogP contribution in [-0.2, 0) is 0 Å². The molecule has 7 nitrogen and oxygen atoms in total. The van der Waals surface area contributed by atoms with Crippen molar-refractivity contribution in [3.05, 3.63) is 53.3 Å². The quantitative estimate of drug-likeness (QED) is 0.681. The monoisotopic (exact) mass is 400 g/mol. The van der Waals surface area contributed by atoms with Crippen molar-refractivity contribution in [2.24, 2.45) is 0 Å². The molecule has 0 saturated carbocycles. The smallest absolute Gasteiger partial charge is 0.248 e. The molecule has 1 aliphatic rings. The van der Waals surface area contributed by atoms with Crippen molar-refractivity contribution < 1.29 is 14.2 Å². The highest BCUT2D eigenvalue weighted by Crippen LogP contribution is 2.36. The molecule has 0 saturated heterocycles. The summed E-state index contributed by atoms with van der Waals surface area (Å²) >= 11 is 3.38. The van der Waals surface area contributed by atoms with Gasteiger partial charge >= 0.3 is 0 Å². The Labute approximate surface area is 151 Å². The molecule has 0 fully saturated rings. The first kappa shape index (κ1) is 15.5. The number of fused-ring (bicyclic) bond motifs is 1. The van der Waals surface area contributed by atoms with E-state index in [1.165, 1.54) is 6.33 Å². The minimum absolute atomic E-state index is 0.222. The summed E-state index contributed by atoms with van der Waals surface area (Å²) in [6.45, 7) is 0.222. The molecule has 0 unspecified atom stereocenters. The fourth-order valence-corrected chi connectivity index (χ4v) is 2.55. The van der Waals surface area contributed by atoms with Crippen LogP contribution in [0.2, 0.25) is 0 Å². The Hall–Kier alpha value is -3.00. The lowest BCUT2D eigenvalue weighted by atomic mass is 10.2. The van der Waals surface area contributed by atoms with Crippen molar-refractivity contribution in [2.75, 3.05) is 17.8 Å². The molecule has 8 heteroatoms. The number of aromatic nitrogens is 2. The van der Waals surface area contributed by atoms with Gasteiger partial charge in [-0.2, -0.15) is 4.98 Å². The normalized spacial score (nSPS) is 12.0. The van der Waals surface area contributed by atoms with Crippen molar-refractivity contribution in [3.63, 3.8) is 0 Å². The Morgan fingerprint density at radius 1 is 1.04 bits per heavy atom. The van der Waals surface area contributed by atoms with Gasteiger partial charge in [-0.05, 0) is 36.4 Å². The van der Waals surface area contributed by atoms with Crippen LogP contribution in [0, 0.1) is 0 Å². The minimum atomic E-state index is 0.222. The molecule has 3 N–H and O–H groups in total. The van der Waals surface area contributed by atoms with E-state index in [2.05, 4.69) is 31.2 Å². The largest absolute Gasteiger partial charge is 0.454 e. The van der Waals surface area contributed by atoms with Crippen LogP contribution >= 0.6 is 15.9 Å². The lowest BCUT2D eigenvalue weighted by Gasteiger charge is -2.12. The molecule has 0 atom stereocenters. The van der Waals surface area contributed by atoms with Crippen LogP contribution in [0.15, 0.2) is 53.3 Å². The SMILES string of the molecule is Nc1c(Nc2ccc3c(c2)OCO3)ncnc1Oc1ccc(Br)cc1. The Bertz CT molecular complexity index is 918. The lowest BCUT2D eigenvalue weighted by molar-refractivity contribution is 0.174. The average molecular weight is 401 g/mol. The maximum atomic E-state index is 6.14. The average Bonchev–Trinajstić information content (AvgIpc) is 3.08. The third kappa shape index (κ3) is 3.29. The van der Waals surface area contributed by atoms with Gasteiger partial charge in [0.15, 0.2) is 17.3 Å². The number of ether oxygens (including phenoxy) is 3. The molecule has 0 radical (unpaired) electrons. The summed E-state index contributed by atoms with van der Waals surface area (Å²) in [5.74, 6) is 2.73. The van der Waals surface area contributed by atoms with Crippen molar-refractivity contribution in [3.8, 4) is 23.1 Å². The number of nitrogens with zero attached hydrogens (tertiary/aromatic N) is 2. The third-order valence-electron chi connectivity index (χ3n) is 3.51.